The molecule has 0 saturated carbocycles. The summed E-state index contributed by atoms with van der Waals surface area (Å²) in [5.74, 6) is -0.330. The molecule has 128 valence electrons. The van der Waals surface area contributed by atoms with E-state index < -0.39 is 11.9 Å². The van der Waals surface area contributed by atoms with Crippen LogP contribution >= 0.6 is 11.3 Å². The highest BCUT2D eigenvalue weighted by atomic mass is 32.1. The number of fused-ring (bicyclic) bond motifs is 2. The normalized spacial score (nSPS) is 24.1. The van der Waals surface area contributed by atoms with E-state index in [-0.39, 0.29) is 17.9 Å². The van der Waals surface area contributed by atoms with E-state index in [1.54, 1.807) is 12.3 Å². The Kier molecular flexibility index (Phi) is 3.72. The number of halogens is 4. The van der Waals surface area contributed by atoms with Crippen LogP contribution < -0.4 is 4.90 Å². The van der Waals surface area contributed by atoms with E-state index in [4.69, 9.17) is 0 Å². The van der Waals surface area contributed by atoms with Crippen LogP contribution in [0.1, 0.15) is 17.8 Å². The lowest BCUT2D eigenvalue weighted by Crippen LogP contribution is -2.68. The highest BCUT2D eigenvalue weighted by molar-refractivity contribution is 7.13. The van der Waals surface area contributed by atoms with Gasteiger partial charge in [0.1, 0.15) is 5.82 Å². The largest absolute Gasteiger partial charge is 0.434 e. The lowest BCUT2D eigenvalue weighted by Gasteiger charge is -2.56. The topological polar surface area (TPSA) is 32.3 Å². The fraction of sp³-hybridized carbons (Fsp3) is 0.467. The Morgan fingerprint density at radius 2 is 2.00 bits per heavy atom. The maximum absolute atomic E-state index is 13.7. The second kappa shape index (κ2) is 5.66. The summed E-state index contributed by atoms with van der Waals surface area (Å²) >= 11 is 1.03. The number of hydrogen-bond acceptors (Lipinski definition) is 5. The molecule has 24 heavy (non-hydrogen) atoms. The summed E-state index contributed by atoms with van der Waals surface area (Å²) in [5, 5.41) is 1.48. The van der Waals surface area contributed by atoms with Crippen molar-refractivity contribution in [3.8, 4) is 0 Å². The number of piperazine rings is 1. The Labute approximate surface area is 139 Å². The van der Waals surface area contributed by atoms with Crippen LogP contribution in [-0.4, -0.2) is 40.0 Å². The van der Waals surface area contributed by atoms with Gasteiger partial charge in [-0.2, -0.15) is 13.2 Å². The first-order valence-electron chi connectivity index (χ1n) is 7.54. The van der Waals surface area contributed by atoms with Gasteiger partial charge in [-0.05, 0) is 18.6 Å². The second-order valence-electron chi connectivity index (χ2n) is 6.09. The maximum Gasteiger partial charge on any atom is 0.434 e. The van der Waals surface area contributed by atoms with Gasteiger partial charge in [0.15, 0.2) is 10.8 Å². The van der Waals surface area contributed by atoms with Gasteiger partial charge in [-0.3, -0.25) is 9.88 Å². The average molecular weight is 358 g/mol. The van der Waals surface area contributed by atoms with E-state index in [2.05, 4.69) is 14.9 Å². The zero-order chi connectivity index (χ0) is 16.9. The summed E-state index contributed by atoms with van der Waals surface area (Å²) < 4.78 is 51.8. The van der Waals surface area contributed by atoms with Crippen LogP contribution in [0.3, 0.4) is 0 Å². The zero-order valence-corrected chi connectivity index (χ0v) is 13.3. The zero-order valence-electron chi connectivity index (χ0n) is 12.5. The van der Waals surface area contributed by atoms with Crippen molar-refractivity contribution in [2.24, 2.45) is 0 Å². The van der Waals surface area contributed by atoms with Crippen molar-refractivity contribution in [1.29, 1.82) is 0 Å². The van der Waals surface area contributed by atoms with Crippen molar-refractivity contribution in [1.82, 2.24) is 14.9 Å². The Morgan fingerprint density at radius 3 is 2.62 bits per heavy atom. The Morgan fingerprint density at radius 1 is 1.25 bits per heavy atom. The predicted molar refractivity (Wildman–Crippen MR) is 81.3 cm³/mol. The van der Waals surface area contributed by atoms with Crippen LogP contribution in [0.25, 0.3) is 0 Å². The van der Waals surface area contributed by atoms with Gasteiger partial charge in [0.2, 0.25) is 0 Å². The molecule has 0 aromatic carbocycles. The average Bonchev–Trinajstić information content (AvgIpc) is 2.99. The molecule has 5 heterocycles. The number of anilines is 1. The molecule has 2 aromatic heterocycles. The fourth-order valence-corrected chi connectivity index (χ4v) is 4.37. The minimum atomic E-state index is -4.41. The van der Waals surface area contributed by atoms with Crippen molar-refractivity contribution < 1.29 is 17.6 Å². The number of hydrogen-bond donors (Lipinski definition) is 0. The molecular formula is C15H14F4N4S. The van der Waals surface area contributed by atoms with Crippen LogP contribution in [0, 0.1) is 5.82 Å². The van der Waals surface area contributed by atoms with Crippen molar-refractivity contribution >= 4 is 16.5 Å². The summed E-state index contributed by atoms with van der Waals surface area (Å²) in [4.78, 5) is 11.9. The molecule has 2 aromatic rings. The molecule has 5 rings (SSSR count). The van der Waals surface area contributed by atoms with Gasteiger partial charge < -0.3 is 4.90 Å². The molecule has 3 aliphatic heterocycles. The number of aromatic nitrogens is 2. The van der Waals surface area contributed by atoms with E-state index in [0.717, 1.165) is 23.1 Å². The molecule has 3 fully saturated rings. The van der Waals surface area contributed by atoms with Gasteiger partial charge in [-0.15, -0.1) is 11.3 Å². The van der Waals surface area contributed by atoms with E-state index in [9.17, 15) is 17.6 Å². The van der Waals surface area contributed by atoms with Gasteiger partial charge in [0, 0.05) is 43.3 Å². The summed E-state index contributed by atoms with van der Waals surface area (Å²) in [5.41, 5.74) is -0.432. The smallest absolute Gasteiger partial charge is 0.339 e. The number of nitrogens with zero attached hydrogens (tertiary/aromatic N) is 4. The van der Waals surface area contributed by atoms with Crippen LogP contribution in [0.15, 0.2) is 23.7 Å². The molecule has 0 amide bonds. The molecule has 0 aliphatic carbocycles. The van der Waals surface area contributed by atoms with Crippen LogP contribution in [0.5, 0.6) is 0 Å². The molecule has 0 spiro atoms. The van der Waals surface area contributed by atoms with E-state index in [1.165, 1.54) is 6.07 Å². The van der Waals surface area contributed by atoms with E-state index in [1.807, 2.05) is 4.90 Å². The lowest BCUT2D eigenvalue weighted by atomic mass is 9.88. The summed E-state index contributed by atoms with van der Waals surface area (Å²) in [6.07, 6.45) is -1.91. The highest BCUT2D eigenvalue weighted by Crippen LogP contribution is 2.41. The second-order valence-corrected chi connectivity index (χ2v) is 6.93. The van der Waals surface area contributed by atoms with Crippen LogP contribution in [-0.2, 0) is 12.7 Å². The first kappa shape index (κ1) is 15.8. The fourth-order valence-electron chi connectivity index (χ4n) is 3.40. The molecular weight excluding hydrogens is 344 g/mol. The Bertz CT molecular complexity index is 735. The third-order valence-electron chi connectivity index (χ3n) is 4.48. The minimum Gasteiger partial charge on any atom is -0.339 e. The lowest BCUT2D eigenvalue weighted by molar-refractivity contribution is -0.140. The van der Waals surface area contributed by atoms with Crippen molar-refractivity contribution in [2.75, 3.05) is 18.0 Å². The van der Waals surface area contributed by atoms with Gasteiger partial charge in [-0.25, -0.2) is 9.37 Å². The molecule has 0 radical (unpaired) electrons. The maximum atomic E-state index is 13.7. The molecule has 0 N–H and O–H groups in total. The molecule has 2 bridgehead atoms. The van der Waals surface area contributed by atoms with Gasteiger partial charge >= 0.3 is 6.18 Å². The molecule has 3 saturated heterocycles. The van der Waals surface area contributed by atoms with Crippen molar-refractivity contribution in [2.45, 2.75) is 31.2 Å². The first-order valence-corrected chi connectivity index (χ1v) is 8.42. The standard InChI is InChI=1S/C15H14F4N4S/c16-11-2-1-3-20-12(11)7-22-5-9-4-10(6-22)23(9)14-21-13(8-24-14)15(17,18)19/h1-3,8-10H,4-7H2. The summed E-state index contributed by atoms with van der Waals surface area (Å²) in [6, 6.07) is 3.19. The molecule has 4 nitrogen and oxygen atoms in total. The predicted octanol–water partition coefficient (Wildman–Crippen LogP) is 3.16. The van der Waals surface area contributed by atoms with Crippen LogP contribution in [0.2, 0.25) is 0 Å². The van der Waals surface area contributed by atoms with Crippen LogP contribution in [0.4, 0.5) is 22.7 Å². The third-order valence-corrected chi connectivity index (χ3v) is 5.33. The van der Waals surface area contributed by atoms with Gasteiger partial charge in [0.05, 0.1) is 5.69 Å². The third kappa shape index (κ3) is 2.75. The number of pyridine rings is 1. The van der Waals surface area contributed by atoms with Crippen molar-refractivity contribution in [3.05, 3.63) is 40.9 Å². The molecule has 2 unspecified atom stereocenters. The Hall–Kier alpha value is -1.74. The van der Waals surface area contributed by atoms with Gasteiger partial charge in [-0.1, -0.05) is 0 Å². The molecule has 9 heteroatoms. The summed E-state index contributed by atoms with van der Waals surface area (Å²) in [6.45, 7) is 1.76. The summed E-state index contributed by atoms with van der Waals surface area (Å²) in [7, 11) is 0. The quantitative estimate of drug-likeness (QED) is 0.789. The van der Waals surface area contributed by atoms with E-state index >= 15 is 0 Å². The van der Waals surface area contributed by atoms with Gasteiger partial charge in [0.25, 0.3) is 0 Å². The monoisotopic (exact) mass is 358 g/mol. The number of alkyl halides is 3. The minimum absolute atomic E-state index is 0.128. The molecule has 3 aliphatic rings. The first-order chi connectivity index (χ1) is 11.4. The number of thiazole rings is 1. The highest BCUT2D eigenvalue weighted by Gasteiger charge is 2.46. The van der Waals surface area contributed by atoms with Crippen molar-refractivity contribution in [3.63, 3.8) is 0 Å². The SMILES string of the molecule is Fc1cccnc1CN1CC2CC(C1)N2c1nc(C(F)(F)F)cs1. The Balaban J connectivity index is 1.43. The number of piperidine rings is 1. The number of rotatable bonds is 3. The molecule has 2 atom stereocenters. The van der Waals surface area contributed by atoms with E-state index in [0.29, 0.717) is 30.5 Å².